The van der Waals surface area contributed by atoms with Crippen LogP contribution in [0, 0.1) is 11.3 Å². The molecule has 0 fully saturated rings. The van der Waals surface area contributed by atoms with Gasteiger partial charge in [-0.15, -0.1) is 0 Å². The first-order valence-electron chi connectivity index (χ1n) is 3.74. The molecule has 0 spiro atoms. The third kappa shape index (κ3) is 1.28. The zero-order valence-electron chi connectivity index (χ0n) is 6.85. The Morgan fingerprint density at radius 1 is 1.60 bits per heavy atom. The zero-order valence-corrected chi connectivity index (χ0v) is 6.85. The average Bonchev–Trinajstić information content (AvgIpc) is 1.81. The highest BCUT2D eigenvalue weighted by Gasteiger charge is 2.27. The topological polar surface area (TPSA) is 17.1 Å². The Hall–Kier alpha value is -0.590. The molecule has 0 N–H and O–H groups in total. The summed E-state index contributed by atoms with van der Waals surface area (Å²) in [5, 5.41) is 0. The van der Waals surface area contributed by atoms with Gasteiger partial charge >= 0.3 is 0 Å². The first-order valence-corrected chi connectivity index (χ1v) is 3.74. The molecule has 0 saturated heterocycles. The number of hydrogen-bond donors (Lipinski definition) is 0. The lowest BCUT2D eigenvalue weighted by molar-refractivity contribution is -0.116. The molecule has 0 bridgehead atoms. The summed E-state index contributed by atoms with van der Waals surface area (Å²) >= 11 is 0. The smallest absolute Gasteiger partial charge is 0.155 e. The van der Waals surface area contributed by atoms with Crippen molar-refractivity contribution in [2.75, 3.05) is 0 Å². The standard InChI is InChI=1S/C9H14O/c1-7-6-8(10)4-5-9(7,2)3/h4-5,7H,6H2,1-3H3/t7-/m0/s1. The minimum absolute atomic E-state index is 0.216. The van der Waals surface area contributed by atoms with Crippen LogP contribution in [0.1, 0.15) is 27.2 Å². The van der Waals surface area contributed by atoms with Gasteiger partial charge in [-0.3, -0.25) is 4.79 Å². The lowest BCUT2D eigenvalue weighted by Gasteiger charge is -2.30. The zero-order chi connectivity index (χ0) is 7.78. The van der Waals surface area contributed by atoms with Crippen LogP contribution in [0.5, 0.6) is 0 Å². The van der Waals surface area contributed by atoms with Gasteiger partial charge in [-0.1, -0.05) is 26.8 Å². The molecule has 0 aliphatic heterocycles. The van der Waals surface area contributed by atoms with Gasteiger partial charge in [-0.2, -0.15) is 0 Å². The van der Waals surface area contributed by atoms with Gasteiger partial charge < -0.3 is 0 Å². The fourth-order valence-corrected chi connectivity index (χ4v) is 1.10. The van der Waals surface area contributed by atoms with Crippen molar-refractivity contribution >= 4 is 5.78 Å². The van der Waals surface area contributed by atoms with Crippen LogP contribution >= 0.6 is 0 Å². The quantitative estimate of drug-likeness (QED) is 0.501. The van der Waals surface area contributed by atoms with Crippen molar-refractivity contribution in [1.29, 1.82) is 0 Å². The number of rotatable bonds is 0. The first kappa shape index (κ1) is 7.52. The SMILES string of the molecule is C[C@H]1CC(=O)C=CC1(C)C. The molecule has 1 aliphatic carbocycles. The predicted octanol–water partition coefficient (Wildman–Crippen LogP) is 2.18. The molecule has 1 atom stereocenters. The van der Waals surface area contributed by atoms with E-state index in [9.17, 15) is 4.79 Å². The number of carbonyl (C=O) groups is 1. The molecule has 56 valence electrons. The number of carbonyl (C=O) groups excluding carboxylic acids is 1. The molecular formula is C9H14O. The molecular weight excluding hydrogens is 124 g/mol. The van der Waals surface area contributed by atoms with Crippen molar-refractivity contribution < 1.29 is 4.79 Å². The fourth-order valence-electron chi connectivity index (χ4n) is 1.10. The van der Waals surface area contributed by atoms with E-state index >= 15 is 0 Å². The van der Waals surface area contributed by atoms with E-state index in [-0.39, 0.29) is 11.2 Å². The second-order valence-electron chi connectivity index (χ2n) is 3.73. The van der Waals surface area contributed by atoms with Crippen molar-refractivity contribution in [3.63, 3.8) is 0 Å². The molecule has 1 heteroatoms. The van der Waals surface area contributed by atoms with Gasteiger partial charge in [0.15, 0.2) is 5.78 Å². The molecule has 1 aliphatic rings. The normalized spacial score (nSPS) is 30.7. The van der Waals surface area contributed by atoms with E-state index in [1.165, 1.54) is 0 Å². The van der Waals surface area contributed by atoms with Crippen molar-refractivity contribution in [2.45, 2.75) is 27.2 Å². The molecule has 0 saturated carbocycles. The van der Waals surface area contributed by atoms with E-state index in [2.05, 4.69) is 20.8 Å². The van der Waals surface area contributed by atoms with Gasteiger partial charge in [-0.25, -0.2) is 0 Å². The van der Waals surface area contributed by atoms with Crippen molar-refractivity contribution in [1.82, 2.24) is 0 Å². The Bertz CT molecular complexity index is 177. The van der Waals surface area contributed by atoms with Crippen molar-refractivity contribution in [2.24, 2.45) is 11.3 Å². The third-order valence-electron chi connectivity index (χ3n) is 2.48. The third-order valence-corrected chi connectivity index (χ3v) is 2.48. The lowest BCUT2D eigenvalue weighted by atomic mass is 9.74. The van der Waals surface area contributed by atoms with Crippen LogP contribution in [0.2, 0.25) is 0 Å². The van der Waals surface area contributed by atoms with E-state index in [1.54, 1.807) is 6.08 Å². The van der Waals surface area contributed by atoms with E-state index in [0.717, 1.165) is 0 Å². The summed E-state index contributed by atoms with van der Waals surface area (Å²) in [4.78, 5) is 10.9. The van der Waals surface area contributed by atoms with Gasteiger partial charge in [0, 0.05) is 6.42 Å². The molecule has 0 unspecified atom stereocenters. The van der Waals surface area contributed by atoms with Gasteiger partial charge in [0.05, 0.1) is 0 Å². The maximum absolute atomic E-state index is 10.9. The summed E-state index contributed by atoms with van der Waals surface area (Å²) < 4.78 is 0. The largest absolute Gasteiger partial charge is 0.295 e. The van der Waals surface area contributed by atoms with E-state index < -0.39 is 0 Å². The number of hydrogen-bond acceptors (Lipinski definition) is 1. The molecule has 0 radical (unpaired) electrons. The molecule has 10 heavy (non-hydrogen) atoms. The Morgan fingerprint density at radius 2 is 2.20 bits per heavy atom. The van der Waals surface area contributed by atoms with E-state index in [1.807, 2.05) is 6.08 Å². The van der Waals surface area contributed by atoms with E-state index in [4.69, 9.17) is 0 Å². The lowest BCUT2D eigenvalue weighted by Crippen LogP contribution is -2.25. The second kappa shape index (κ2) is 2.22. The Morgan fingerprint density at radius 3 is 2.60 bits per heavy atom. The second-order valence-corrected chi connectivity index (χ2v) is 3.73. The van der Waals surface area contributed by atoms with Crippen LogP contribution < -0.4 is 0 Å². The summed E-state index contributed by atoms with van der Waals surface area (Å²) in [5.41, 5.74) is 0.216. The highest BCUT2D eigenvalue weighted by molar-refractivity contribution is 5.90. The highest BCUT2D eigenvalue weighted by atomic mass is 16.1. The van der Waals surface area contributed by atoms with Crippen LogP contribution in [-0.4, -0.2) is 5.78 Å². The highest BCUT2D eigenvalue weighted by Crippen LogP contribution is 2.33. The molecule has 0 aromatic carbocycles. The van der Waals surface area contributed by atoms with Crippen LogP contribution in [-0.2, 0) is 4.79 Å². The Labute approximate surface area is 62.1 Å². The first-order chi connectivity index (χ1) is 4.52. The van der Waals surface area contributed by atoms with Gasteiger partial charge in [0.1, 0.15) is 0 Å². The summed E-state index contributed by atoms with van der Waals surface area (Å²) in [7, 11) is 0. The summed E-state index contributed by atoms with van der Waals surface area (Å²) in [6, 6.07) is 0. The monoisotopic (exact) mass is 138 g/mol. The number of ketones is 1. The van der Waals surface area contributed by atoms with Crippen LogP contribution in [0.15, 0.2) is 12.2 Å². The summed E-state index contributed by atoms with van der Waals surface area (Å²) in [5.74, 6) is 0.761. The Balaban J connectivity index is 2.82. The maximum Gasteiger partial charge on any atom is 0.155 e. The summed E-state index contributed by atoms with van der Waals surface area (Å²) in [6.45, 7) is 6.46. The van der Waals surface area contributed by atoms with Crippen LogP contribution in [0.3, 0.4) is 0 Å². The fraction of sp³-hybridized carbons (Fsp3) is 0.667. The van der Waals surface area contributed by atoms with Crippen LogP contribution in [0.4, 0.5) is 0 Å². The summed E-state index contributed by atoms with van der Waals surface area (Å²) in [6.07, 6.45) is 4.44. The molecule has 1 rings (SSSR count). The molecule has 0 heterocycles. The Kier molecular flexibility index (Phi) is 1.67. The molecule has 0 amide bonds. The maximum atomic E-state index is 10.9. The molecule has 0 aromatic heterocycles. The minimum Gasteiger partial charge on any atom is -0.295 e. The number of allylic oxidation sites excluding steroid dienone is 2. The average molecular weight is 138 g/mol. The minimum atomic E-state index is 0.216. The van der Waals surface area contributed by atoms with Crippen molar-refractivity contribution in [3.8, 4) is 0 Å². The van der Waals surface area contributed by atoms with Crippen LogP contribution in [0.25, 0.3) is 0 Å². The van der Waals surface area contributed by atoms with Gasteiger partial charge in [0.2, 0.25) is 0 Å². The molecule has 0 aromatic rings. The van der Waals surface area contributed by atoms with Gasteiger partial charge in [-0.05, 0) is 17.4 Å². The molecule has 1 nitrogen and oxygen atoms in total. The van der Waals surface area contributed by atoms with Gasteiger partial charge in [0.25, 0.3) is 0 Å². The van der Waals surface area contributed by atoms with E-state index in [0.29, 0.717) is 12.3 Å². The predicted molar refractivity (Wildman–Crippen MR) is 41.7 cm³/mol. The van der Waals surface area contributed by atoms with Crippen molar-refractivity contribution in [3.05, 3.63) is 12.2 Å².